The van der Waals surface area contributed by atoms with Gasteiger partial charge in [0.1, 0.15) is 0 Å². The Balaban J connectivity index is 2.72. The SMILES string of the molecule is CCC1=C(C)CNC=C1. The van der Waals surface area contributed by atoms with E-state index in [0.29, 0.717) is 0 Å². The summed E-state index contributed by atoms with van der Waals surface area (Å²) in [7, 11) is 0. The van der Waals surface area contributed by atoms with Crippen molar-refractivity contribution in [3.63, 3.8) is 0 Å². The highest BCUT2D eigenvalue weighted by molar-refractivity contribution is 5.28. The summed E-state index contributed by atoms with van der Waals surface area (Å²) in [6, 6.07) is 0. The van der Waals surface area contributed by atoms with Crippen LogP contribution in [0, 0.1) is 0 Å². The molecule has 0 aromatic rings. The van der Waals surface area contributed by atoms with E-state index in [-0.39, 0.29) is 0 Å². The zero-order valence-electron chi connectivity index (χ0n) is 6.07. The van der Waals surface area contributed by atoms with Crippen LogP contribution in [0.5, 0.6) is 0 Å². The average Bonchev–Trinajstić information content (AvgIpc) is 1.89. The highest BCUT2D eigenvalue weighted by Crippen LogP contribution is 2.11. The van der Waals surface area contributed by atoms with E-state index in [9.17, 15) is 0 Å². The Labute approximate surface area is 56.5 Å². The summed E-state index contributed by atoms with van der Waals surface area (Å²) in [4.78, 5) is 0. The lowest BCUT2D eigenvalue weighted by atomic mass is 10.1. The van der Waals surface area contributed by atoms with Crippen molar-refractivity contribution >= 4 is 0 Å². The Morgan fingerprint density at radius 2 is 2.44 bits per heavy atom. The summed E-state index contributed by atoms with van der Waals surface area (Å²) >= 11 is 0. The minimum Gasteiger partial charge on any atom is -0.387 e. The fraction of sp³-hybridized carbons (Fsp3) is 0.500. The van der Waals surface area contributed by atoms with E-state index in [1.807, 2.05) is 6.20 Å². The number of dihydropyridines is 1. The van der Waals surface area contributed by atoms with Crippen molar-refractivity contribution in [3.05, 3.63) is 23.4 Å². The predicted octanol–water partition coefficient (Wildman–Crippen LogP) is 1.83. The second-order valence-corrected chi connectivity index (χ2v) is 2.37. The van der Waals surface area contributed by atoms with Crippen LogP contribution in [-0.2, 0) is 0 Å². The Kier molecular flexibility index (Phi) is 1.93. The van der Waals surface area contributed by atoms with Crippen LogP contribution in [0.3, 0.4) is 0 Å². The molecule has 0 aromatic carbocycles. The molecule has 1 nitrogen and oxygen atoms in total. The minimum atomic E-state index is 1.03. The predicted molar refractivity (Wildman–Crippen MR) is 40.1 cm³/mol. The monoisotopic (exact) mass is 123 g/mol. The van der Waals surface area contributed by atoms with Crippen molar-refractivity contribution in [2.75, 3.05) is 6.54 Å². The van der Waals surface area contributed by atoms with E-state index in [4.69, 9.17) is 0 Å². The lowest BCUT2D eigenvalue weighted by Crippen LogP contribution is -2.13. The summed E-state index contributed by atoms with van der Waals surface area (Å²) in [6.45, 7) is 5.39. The summed E-state index contributed by atoms with van der Waals surface area (Å²) in [5.74, 6) is 0. The van der Waals surface area contributed by atoms with Gasteiger partial charge in [-0.15, -0.1) is 0 Å². The molecular weight excluding hydrogens is 110 g/mol. The zero-order chi connectivity index (χ0) is 6.69. The molecular formula is C8H13N. The first-order chi connectivity index (χ1) is 4.34. The Morgan fingerprint density at radius 1 is 1.67 bits per heavy atom. The maximum absolute atomic E-state index is 3.16. The third kappa shape index (κ3) is 1.35. The van der Waals surface area contributed by atoms with Gasteiger partial charge < -0.3 is 5.32 Å². The van der Waals surface area contributed by atoms with Gasteiger partial charge in [0, 0.05) is 6.54 Å². The first-order valence-electron chi connectivity index (χ1n) is 3.43. The molecule has 0 amide bonds. The summed E-state index contributed by atoms with van der Waals surface area (Å²) < 4.78 is 0. The van der Waals surface area contributed by atoms with Crippen molar-refractivity contribution in [1.82, 2.24) is 5.32 Å². The third-order valence-electron chi connectivity index (χ3n) is 1.70. The van der Waals surface area contributed by atoms with Gasteiger partial charge in [0.25, 0.3) is 0 Å². The maximum Gasteiger partial charge on any atom is 0.0357 e. The minimum absolute atomic E-state index is 1.03. The molecule has 0 saturated carbocycles. The van der Waals surface area contributed by atoms with Crippen LogP contribution in [0.4, 0.5) is 0 Å². The molecule has 1 heteroatoms. The Morgan fingerprint density at radius 3 is 2.89 bits per heavy atom. The second-order valence-electron chi connectivity index (χ2n) is 2.37. The molecule has 50 valence electrons. The Hall–Kier alpha value is -0.720. The highest BCUT2D eigenvalue weighted by Gasteiger charge is 1.98. The lowest BCUT2D eigenvalue weighted by Gasteiger charge is -2.11. The quantitative estimate of drug-likeness (QED) is 0.561. The van der Waals surface area contributed by atoms with Gasteiger partial charge in [0.2, 0.25) is 0 Å². The van der Waals surface area contributed by atoms with E-state index in [2.05, 4.69) is 25.2 Å². The molecule has 9 heavy (non-hydrogen) atoms. The fourth-order valence-corrected chi connectivity index (χ4v) is 1.05. The van der Waals surface area contributed by atoms with Gasteiger partial charge >= 0.3 is 0 Å². The van der Waals surface area contributed by atoms with Crippen molar-refractivity contribution in [1.29, 1.82) is 0 Å². The Bertz CT molecular complexity index is 154. The summed E-state index contributed by atoms with van der Waals surface area (Å²) in [6.07, 6.45) is 5.33. The van der Waals surface area contributed by atoms with Gasteiger partial charge in [0.15, 0.2) is 0 Å². The third-order valence-corrected chi connectivity index (χ3v) is 1.70. The van der Waals surface area contributed by atoms with Crippen LogP contribution in [0.1, 0.15) is 20.3 Å². The molecule has 0 atom stereocenters. The van der Waals surface area contributed by atoms with Crippen LogP contribution in [0.15, 0.2) is 23.4 Å². The van der Waals surface area contributed by atoms with Crippen molar-refractivity contribution in [2.24, 2.45) is 0 Å². The molecule has 0 unspecified atom stereocenters. The molecule has 1 heterocycles. The van der Waals surface area contributed by atoms with Crippen LogP contribution in [-0.4, -0.2) is 6.54 Å². The molecule has 0 saturated heterocycles. The fourth-order valence-electron chi connectivity index (χ4n) is 1.05. The molecule has 0 aliphatic carbocycles. The molecule has 0 fully saturated rings. The molecule has 1 aliphatic heterocycles. The molecule has 1 rings (SSSR count). The first kappa shape index (κ1) is 6.40. The molecule has 1 aliphatic rings. The normalized spacial score (nSPS) is 18.0. The van der Waals surface area contributed by atoms with E-state index in [1.54, 1.807) is 0 Å². The maximum atomic E-state index is 3.16. The van der Waals surface area contributed by atoms with Gasteiger partial charge in [-0.1, -0.05) is 12.5 Å². The van der Waals surface area contributed by atoms with Crippen molar-refractivity contribution in [3.8, 4) is 0 Å². The largest absolute Gasteiger partial charge is 0.387 e. The van der Waals surface area contributed by atoms with Gasteiger partial charge in [-0.05, 0) is 31.2 Å². The molecule has 0 radical (unpaired) electrons. The summed E-state index contributed by atoms with van der Waals surface area (Å²) in [5.41, 5.74) is 2.95. The van der Waals surface area contributed by atoms with Crippen molar-refractivity contribution < 1.29 is 0 Å². The van der Waals surface area contributed by atoms with Crippen LogP contribution in [0.25, 0.3) is 0 Å². The second kappa shape index (κ2) is 2.72. The average molecular weight is 123 g/mol. The number of rotatable bonds is 1. The summed E-state index contributed by atoms with van der Waals surface area (Å²) in [5, 5.41) is 3.16. The molecule has 0 aromatic heterocycles. The smallest absolute Gasteiger partial charge is 0.0357 e. The van der Waals surface area contributed by atoms with Gasteiger partial charge in [-0.2, -0.15) is 0 Å². The van der Waals surface area contributed by atoms with Crippen molar-refractivity contribution in [2.45, 2.75) is 20.3 Å². The van der Waals surface area contributed by atoms with Crippen LogP contribution >= 0.6 is 0 Å². The van der Waals surface area contributed by atoms with E-state index in [0.717, 1.165) is 13.0 Å². The molecule has 0 spiro atoms. The van der Waals surface area contributed by atoms with Gasteiger partial charge in [-0.25, -0.2) is 0 Å². The number of allylic oxidation sites excluding steroid dienone is 2. The standard InChI is InChI=1S/C8H13N/c1-3-8-4-5-9-6-7(8)2/h4-5,9H,3,6H2,1-2H3. The first-order valence-corrected chi connectivity index (χ1v) is 3.43. The zero-order valence-corrected chi connectivity index (χ0v) is 6.07. The van der Waals surface area contributed by atoms with Crippen LogP contribution in [0.2, 0.25) is 0 Å². The lowest BCUT2D eigenvalue weighted by molar-refractivity contribution is 0.884. The van der Waals surface area contributed by atoms with E-state index in [1.165, 1.54) is 11.1 Å². The van der Waals surface area contributed by atoms with Crippen LogP contribution < -0.4 is 5.32 Å². The van der Waals surface area contributed by atoms with Gasteiger partial charge in [0.05, 0.1) is 0 Å². The number of hydrogen-bond donors (Lipinski definition) is 1. The molecule has 1 N–H and O–H groups in total. The number of nitrogens with one attached hydrogen (secondary N) is 1. The topological polar surface area (TPSA) is 12.0 Å². The van der Waals surface area contributed by atoms with E-state index < -0.39 is 0 Å². The van der Waals surface area contributed by atoms with Gasteiger partial charge in [-0.3, -0.25) is 0 Å². The highest BCUT2D eigenvalue weighted by atomic mass is 14.8. The van der Waals surface area contributed by atoms with E-state index >= 15 is 0 Å². The number of hydrogen-bond acceptors (Lipinski definition) is 1. The molecule has 0 bridgehead atoms.